The molecule has 4 heteroatoms. The summed E-state index contributed by atoms with van der Waals surface area (Å²) in [5.41, 5.74) is 0.796. The van der Waals surface area contributed by atoms with Crippen LogP contribution in [0.15, 0.2) is 28.7 Å². The number of hydrogen-bond acceptors (Lipinski definition) is 1. The highest BCUT2D eigenvalue weighted by atomic mass is 79.9. The summed E-state index contributed by atoms with van der Waals surface area (Å²) in [4.78, 5) is 11.5. The zero-order valence-electron chi connectivity index (χ0n) is 9.59. The number of urea groups is 1. The van der Waals surface area contributed by atoms with Gasteiger partial charge in [0.05, 0.1) is 0 Å². The molecule has 88 valence electrons. The Balaban J connectivity index is 2.42. The third kappa shape index (κ3) is 4.66. The molecule has 1 aromatic carbocycles. The van der Waals surface area contributed by atoms with Crippen molar-refractivity contribution in [2.24, 2.45) is 0 Å². The first kappa shape index (κ1) is 13.0. The number of halogens is 1. The molecule has 3 nitrogen and oxygen atoms in total. The van der Waals surface area contributed by atoms with Crippen LogP contribution in [0.1, 0.15) is 26.7 Å². The molecule has 0 aliphatic heterocycles. The number of anilines is 1. The SMILES string of the molecule is CCC[C@@H](C)NC(=O)Nc1ccc(Br)cc1. The van der Waals surface area contributed by atoms with Gasteiger partial charge in [-0.1, -0.05) is 29.3 Å². The summed E-state index contributed by atoms with van der Waals surface area (Å²) in [6.45, 7) is 4.11. The summed E-state index contributed by atoms with van der Waals surface area (Å²) >= 11 is 3.34. The van der Waals surface area contributed by atoms with Gasteiger partial charge in [-0.25, -0.2) is 4.79 Å². The van der Waals surface area contributed by atoms with Crippen LogP contribution in [-0.2, 0) is 0 Å². The van der Waals surface area contributed by atoms with Crippen LogP contribution in [-0.4, -0.2) is 12.1 Å². The second-order valence-corrected chi connectivity index (χ2v) is 4.71. The van der Waals surface area contributed by atoms with E-state index in [1.165, 1.54) is 0 Å². The summed E-state index contributed by atoms with van der Waals surface area (Å²) in [5.74, 6) is 0. The molecule has 0 unspecified atom stereocenters. The molecule has 0 radical (unpaired) electrons. The Labute approximate surface area is 105 Å². The van der Waals surface area contributed by atoms with E-state index in [-0.39, 0.29) is 12.1 Å². The lowest BCUT2D eigenvalue weighted by Gasteiger charge is -2.13. The number of amides is 2. The summed E-state index contributed by atoms with van der Waals surface area (Å²) < 4.78 is 0.998. The maximum Gasteiger partial charge on any atom is 0.319 e. The molecule has 2 N–H and O–H groups in total. The standard InChI is InChI=1S/C12H17BrN2O/c1-3-4-9(2)14-12(16)15-11-7-5-10(13)6-8-11/h5-9H,3-4H2,1-2H3,(H2,14,15,16)/t9-/m1/s1. The molecule has 1 atom stereocenters. The maximum atomic E-state index is 11.5. The fourth-order valence-electron chi connectivity index (χ4n) is 1.43. The second kappa shape index (κ2) is 6.53. The van der Waals surface area contributed by atoms with Crippen molar-refractivity contribution in [3.05, 3.63) is 28.7 Å². The molecule has 0 aromatic heterocycles. The Morgan fingerprint density at radius 3 is 2.56 bits per heavy atom. The number of benzene rings is 1. The minimum atomic E-state index is -0.150. The van der Waals surface area contributed by atoms with E-state index >= 15 is 0 Å². The van der Waals surface area contributed by atoms with Gasteiger partial charge in [-0.3, -0.25) is 0 Å². The van der Waals surface area contributed by atoms with E-state index in [1.54, 1.807) is 0 Å². The van der Waals surface area contributed by atoms with E-state index in [4.69, 9.17) is 0 Å². The fourth-order valence-corrected chi connectivity index (χ4v) is 1.69. The first-order valence-corrected chi connectivity index (χ1v) is 6.24. The normalized spacial score (nSPS) is 11.9. The molecule has 2 amide bonds. The van der Waals surface area contributed by atoms with Crippen LogP contribution >= 0.6 is 15.9 Å². The molecule has 0 aliphatic rings. The van der Waals surface area contributed by atoms with E-state index in [0.29, 0.717) is 0 Å². The van der Waals surface area contributed by atoms with Crippen molar-refractivity contribution in [1.82, 2.24) is 5.32 Å². The Morgan fingerprint density at radius 2 is 2.00 bits per heavy atom. The van der Waals surface area contributed by atoms with Crippen LogP contribution in [0.5, 0.6) is 0 Å². The average molecular weight is 285 g/mol. The van der Waals surface area contributed by atoms with E-state index in [0.717, 1.165) is 23.0 Å². The molecule has 0 heterocycles. The third-order valence-corrected chi connectivity index (χ3v) is 2.73. The minimum absolute atomic E-state index is 0.150. The molecule has 0 saturated carbocycles. The van der Waals surface area contributed by atoms with Gasteiger partial charge in [0.15, 0.2) is 0 Å². The van der Waals surface area contributed by atoms with Crippen molar-refractivity contribution in [1.29, 1.82) is 0 Å². The quantitative estimate of drug-likeness (QED) is 0.869. The van der Waals surface area contributed by atoms with Crippen molar-refractivity contribution in [3.8, 4) is 0 Å². The molecule has 1 rings (SSSR count). The Morgan fingerprint density at radius 1 is 1.38 bits per heavy atom. The molecular formula is C12H17BrN2O. The molecule has 0 spiro atoms. The number of carbonyl (C=O) groups excluding carboxylic acids is 1. The number of hydrogen-bond donors (Lipinski definition) is 2. The zero-order valence-corrected chi connectivity index (χ0v) is 11.2. The van der Waals surface area contributed by atoms with Crippen molar-refractivity contribution < 1.29 is 4.79 Å². The monoisotopic (exact) mass is 284 g/mol. The first-order valence-electron chi connectivity index (χ1n) is 5.45. The predicted octanol–water partition coefficient (Wildman–Crippen LogP) is 3.76. The highest BCUT2D eigenvalue weighted by Gasteiger charge is 2.05. The number of nitrogens with one attached hydrogen (secondary N) is 2. The van der Waals surface area contributed by atoms with Crippen LogP contribution in [0.3, 0.4) is 0 Å². The van der Waals surface area contributed by atoms with Crippen molar-refractivity contribution in [3.63, 3.8) is 0 Å². The molecule has 1 aromatic rings. The van der Waals surface area contributed by atoms with Gasteiger partial charge >= 0.3 is 6.03 Å². The van der Waals surface area contributed by atoms with Gasteiger partial charge in [0.25, 0.3) is 0 Å². The van der Waals surface area contributed by atoms with Crippen molar-refractivity contribution >= 4 is 27.6 Å². The minimum Gasteiger partial charge on any atom is -0.335 e. The van der Waals surface area contributed by atoms with Crippen molar-refractivity contribution in [2.45, 2.75) is 32.7 Å². The van der Waals surface area contributed by atoms with E-state index in [9.17, 15) is 4.79 Å². The lowest BCUT2D eigenvalue weighted by Crippen LogP contribution is -2.35. The van der Waals surface area contributed by atoms with E-state index in [2.05, 4.69) is 33.5 Å². The van der Waals surface area contributed by atoms with Gasteiger partial charge in [0.2, 0.25) is 0 Å². The molecule has 0 saturated heterocycles. The number of carbonyl (C=O) groups is 1. The van der Waals surface area contributed by atoms with Crippen LogP contribution in [0.25, 0.3) is 0 Å². The van der Waals surface area contributed by atoms with Crippen LogP contribution in [0.2, 0.25) is 0 Å². The van der Waals surface area contributed by atoms with Crippen LogP contribution in [0, 0.1) is 0 Å². The molecule has 0 bridgehead atoms. The van der Waals surface area contributed by atoms with Crippen LogP contribution in [0.4, 0.5) is 10.5 Å². The topological polar surface area (TPSA) is 41.1 Å². The smallest absolute Gasteiger partial charge is 0.319 e. The molecule has 16 heavy (non-hydrogen) atoms. The van der Waals surface area contributed by atoms with Gasteiger partial charge in [0, 0.05) is 16.2 Å². The summed E-state index contributed by atoms with van der Waals surface area (Å²) in [6.07, 6.45) is 2.06. The highest BCUT2D eigenvalue weighted by Crippen LogP contribution is 2.13. The maximum absolute atomic E-state index is 11.5. The second-order valence-electron chi connectivity index (χ2n) is 3.80. The zero-order chi connectivity index (χ0) is 12.0. The van der Waals surface area contributed by atoms with Gasteiger partial charge < -0.3 is 10.6 Å². The first-order chi connectivity index (χ1) is 7.61. The molecule has 0 fully saturated rings. The fraction of sp³-hybridized carbons (Fsp3) is 0.417. The van der Waals surface area contributed by atoms with Crippen LogP contribution < -0.4 is 10.6 Å². The summed E-state index contributed by atoms with van der Waals surface area (Å²) in [5, 5.41) is 5.67. The van der Waals surface area contributed by atoms with E-state index < -0.39 is 0 Å². The Hall–Kier alpha value is -1.03. The third-order valence-electron chi connectivity index (χ3n) is 2.20. The molecule has 0 aliphatic carbocycles. The van der Waals surface area contributed by atoms with Gasteiger partial charge in [-0.2, -0.15) is 0 Å². The van der Waals surface area contributed by atoms with E-state index in [1.807, 2.05) is 31.2 Å². The number of rotatable bonds is 4. The average Bonchev–Trinajstić information content (AvgIpc) is 2.21. The summed E-state index contributed by atoms with van der Waals surface area (Å²) in [7, 11) is 0. The highest BCUT2D eigenvalue weighted by molar-refractivity contribution is 9.10. The predicted molar refractivity (Wildman–Crippen MR) is 70.7 cm³/mol. The van der Waals surface area contributed by atoms with Gasteiger partial charge in [0.1, 0.15) is 0 Å². The lowest BCUT2D eigenvalue weighted by atomic mass is 10.2. The lowest BCUT2D eigenvalue weighted by molar-refractivity contribution is 0.248. The van der Waals surface area contributed by atoms with Crippen molar-refractivity contribution in [2.75, 3.05) is 5.32 Å². The largest absolute Gasteiger partial charge is 0.335 e. The Kier molecular flexibility index (Phi) is 5.32. The van der Waals surface area contributed by atoms with Gasteiger partial charge in [-0.05, 0) is 37.6 Å². The Bertz CT molecular complexity index is 337. The molecular weight excluding hydrogens is 268 g/mol. The summed E-state index contributed by atoms with van der Waals surface area (Å²) in [6, 6.07) is 7.56. The van der Waals surface area contributed by atoms with Gasteiger partial charge in [-0.15, -0.1) is 0 Å².